The number of anilines is 1. The molecule has 23 heteroatoms. The van der Waals surface area contributed by atoms with Crippen LogP contribution in [-0.2, 0) is 21.4 Å². The Hall–Kier alpha value is -6.66. The molecule has 0 unspecified atom stereocenters. The van der Waals surface area contributed by atoms with Crippen LogP contribution in [0.2, 0.25) is 0 Å². The van der Waals surface area contributed by atoms with E-state index >= 15 is 0 Å². The van der Waals surface area contributed by atoms with E-state index in [2.05, 4.69) is 30.3 Å². The number of pyridine rings is 1. The van der Waals surface area contributed by atoms with Crippen LogP contribution in [-0.4, -0.2) is 109 Å². The van der Waals surface area contributed by atoms with Gasteiger partial charge in [0.05, 0.1) is 26.0 Å². The van der Waals surface area contributed by atoms with Crippen LogP contribution in [0.1, 0.15) is 39.8 Å². The summed E-state index contributed by atoms with van der Waals surface area (Å²) in [6.45, 7) is 3.73. The standard InChI is InChI=1S/C18H14N4O3S2.C13H12N2O3S2.C13H9NO5S/c1-22-6-2-3-10(8-22)15(23)19-11-4-5-12-14(7-11)27-17(20-12)16-21-13(9-26-16)18(24)25;1-13(2)9(12(17)18)15-11(20-13)10-14-7-4-3-6(16)5-8(7)19-10;15-7-2-1-6-3-8(13(18)19-10(6)4-7)11-14-9(5-20-11)12(16)17/h2-8,13H,9H2,1H3,(H-,19,21,23,24,25);3-5,9,16H,1-2H3,(H,17,18);1-4,9,15H,5H2,(H,16,17)/p+1/t13-;2*9-/m101/s1. The Morgan fingerprint density at radius 1 is 0.746 bits per heavy atom. The molecule has 7 heterocycles. The van der Waals surface area contributed by atoms with Gasteiger partial charge in [-0.1, -0.05) is 11.8 Å². The van der Waals surface area contributed by atoms with Crippen molar-refractivity contribution in [3.63, 3.8) is 0 Å². The molecule has 1 amide bonds. The molecule has 4 aromatic heterocycles. The Labute approximate surface area is 399 Å². The minimum atomic E-state index is -1.01. The van der Waals surface area contributed by atoms with E-state index in [-0.39, 0.29) is 28.6 Å². The highest BCUT2D eigenvalue weighted by molar-refractivity contribution is 8.16. The van der Waals surface area contributed by atoms with Gasteiger partial charge in [-0.05, 0) is 74.5 Å². The predicted octanol–water partition coefficient (Wildman–Crippen LogP) is 6.49. The molecule has 0 aliphatic carbocycles. The van der Waals surface area contributed by atoms with Crippen LogP contribution in [0.5, 0.6) is 11.5 Å². The summed E-state index contributed by atoms with van der Waals surface area (Å²) < 4.78 is 8.22. The van der Waals surface area contributed by atoms with Crippen LogP contribution in [0.3, 0.4) is 0 Å². The number of carboxylic acid groups (broad SMARTS) is 3. The second-order valence-electron chi connectivity index (χ2n) is 15.3. The maximum atomic E-state index is 12.4. The number of carboxylic acids is 3. The number of benzene rings is 3. The highest BCUT2D eigenvalue weighted by Gasteiger charge is 2.43. The quantitative estimate of drug-likeness (QED) is 0.0701. The van der Waals surface area contributed by atoms with E-state index in [1.807, 2.05) is 49.9 Å². The van der Waals surface area contributed by atoms with Crippen molar-refractivity contribution in [3.05, 3.63) is 117 Å². The minimum Gasteiger partial charge on any atom is -0.508 e. The number of nitrogens with one attached hydrogen (secondary N) is 1. The second kappa shape index (κ2) is 19.3. The van der Waals surface area contributed by atoms with Crippen molar-refractivity contribution < 1.29 is 53.7 Å². The third-order valence-electron chi connectivity index (χ3n) is 9.91. The van der Waals surface area contributed by atoms with Gasteiger partial charge < -0.3 is 35.3 Å². The van der Waals surface area contributed by atoms with Crippen LogP contribution in [0.15, 0.2) is 109 Å². The molecule has 7 aromatic rings. The highest BCUT2D eigenvalue weighted by Crippen LogP contribution is 2.42. The van der Waals surface area contributed by atoms with E-state index in [9.17, 15) is 39.3 Å². The smallest absolute Gasteiger partial charge is 0.346 e. The van der Waals surface area contributed by atoms with Gasteiger partial charge in [0.25, 0.3) is 5.91 Å². The van der Waals surface area contributed by atoms with Gasteiger partial charge in [-0.3, -0.25) is 19.8 Å². The third-order valence-corrected chi connectivity index (χ3v) is 15.6. The number of phenols is 2. The summed E-state index contributed by atoms with van der Waals surface area (Å²) in [7, 11) is 1.86. The van der Waals surface area contributed by atoms with Gasteiger partial charge in [0.15, 0.2) is 30.5 Å². The number of fused-ring (bicyclic) bond motifs is 3. The molecule has 0 saturated carbocycles. The molecule has 0 spiro atoms. The summed E-state index contributed by atoms with van der Waals surface area (Å²) in [6.07, 6.45) is 3.62. The van der Waals surface area contributed by atoms with Crippen molar-refractivity contribution in [2.24, 2.45) is 22.0 Å². The van der Waals surface area contributed by atoms with Crippen molar-refractivity contribution in [3.8, 4) is 11.5 Å². The molecule has 3 atom stereocenters. The van der Waals surface area contributed by atoms with Gasteiger partial charge in [-0.15, -0.1) is 46.2 Å². The number of aryl methyl sites for hydroxylation is 1. The van der Waals surface area contributed by atoms with E-state index in [1.165, 1.54) is 70.1 Å². The van der Waals surface area contributed by atoms with E-state index in [1.54, 1.807) is 48.7 Å². The molecule has 0 radical (unpaired) electrons. The minimum absolute atomic E-state index is 0.00641. The number of thiazole rings is 2. The zero-order valence-electron chi connectivity index (χ0n) is 35.1. The average molecular weight is 999 g/mol. The number of nitrogens with zero attached hydrogens (tertiary/aromatic N) is 6. The lowest BCUT2D eigenvalue weighted by molar-refractivity contribution is -0.671. The largest absolute Gasteiger partial charge is 0.508 e. The van der Waals surface area contributed by atoms with Gasteiger partial charge in [-0.2, -0.15) is 0 Å². The Morgan fingerprint density at radius 2 is 1.36 bits per heavy atom. The topological polar surface area (TPSA) is 278 Å². The number of aromatic nitrogens is 3. The summed E-state index contributed by atoms with van der Waals surface area (Å²) in [4.78, 5) is 79.0. The molecule has 0 saturated heterocycles. The molecule has 3 aliphatic heterocycles. The number of aromatic hydroxyl groups is 2. The fourth-order valence-electron chi connectivity index (χ4n) is 6.59. The van der Waals surface area contributed by atoms with Crippen LogP contribution in [0.4, 0.5) is 5.69 Å². The summed E-state index contributed by atoms with van der Waals surface area (Å²) in [5, 5.41) is 52.6. The number of aliphatic carboxylic acids is 3. The molecular formula is C44H36N7O11S5+. The lowest BCUT2D eigenvalue weighted by Crippen LogP contribution is -2.34. The van der Waals surface area contributed by atoms with Gasteiger partial charge in [0.1, 0.15) is 54.8 Å². The van der Waals surface area contributed by atoms with Crippen molar-refractivity contribution in [1.82, 2.24) is 9.97 Å². The number of amides is 1. The molecule has 67 heavy (non-hydrogen) atoms. The first-order valence-electron chi connectivity index (χ1n) is 19.8. The number of carbonyl (C=O) groups is 4. The molecule has 6 N–H and O–H groups in total. The lowest BCUT2D eigenvalue weighted by Gasteiger charge is -2.19. The van der Waals surface area contributed by atoms with Crippen molar-refractivity contribution in [2.75, 3.05) is 16.8 Å². The molecule has 342 valence electrons. The molecule has 3 aromatic carbocycles. The zero-order valence-corrected chi connectivity index (χ0v) is 39.2. The SMILES string of the molecule is CC1(C)SC(c2nc3ccc(O)cc3s2)=N[C@H]1C(=O)O.C[n+]1cccc(C(=O)Nc2ccc3nc(C4=N[C@@H](C(=O)O)CS4)sc3c2)c1.O=C(O)[C@H]1CSC(c2cc3ccc(O)cc3oc2=O)=N1. The Balaban J connectivity index is 0.000000139. The van der Waals surface area contributed by atoms with Crippen LogP contribution < -0.4 is 15.5 Å². The van der Waals surface area contributed by atoms with Crippen LogP contribution in [0, 0.1) is 0 Å². The fraction of sp³-hybridized carbons (Fsp3) is 0.205. The lowest BCUT2D eigenvalue weighted by atomic mass is 10.0. The van der Waals surface area contributed by atoms with Crippen molar-refractivity contribution in [1.29, 1.82) is 0 Å². The third kappa shape index (κ3) is 10.7. The summed E-state index contributed by atoms with van der Waals surface area (Å²) >= 11 is 6.90. The van der Waals surface area contributed by atoms with Gasteiger partial charge in [-0.25, -0.2) is 33.7 Å². The zero-order chi connectivity index (χ0) is 47.7. The van der Waals surface area contributed by atoms with Crippen LogP contribution >= 0.6 is 58.0 Å². The number of phenolic OH excluding ortho intramolecular Hbond substituents is 2. The molecule has 0 fully saturated rings. The average Bonchev–Trinajstić information content (AvgIpc) is 4.13. The van der Waals surface area contributed by atoms with Gasteiger partial charge >= 0.3 is 23.5 Å². The van der Waals surface area contributed by atoms with E-state index < -0.39 is 46.4 Å². The molecular weight excluding hydrogens is 963 g/mol. The summed E-state index contributed by atoms with van der Waals surface area (Å²) in [6, 6.07) is 17.8. The Kier molecular flexibility index (Phi) is 13.5. The van der Waals surface area contributed by atoms with Gasteiger partial charge in [0, 0.05) is 39.5 Å². The number of hydrogen-bond acceptors (Lipinski definition) is 18. The molecule has 18 nitrogen and oxygen atoms in total. The number of thioether (sulfide) groups is 3. The maximum absolute atomic E-state index is 12.4. The molecule has 10 rings (SSSR count). The first-order chi connectivity index (χ1) is 31.9. The normalized spacial score (nSPS) is 18.3. The number of hydrogen-bond donors (Lipinski definition) is 6. The van der Waals surface area contributed by atoms with E-state index in [0.717, 1.165) is 20.4 Å². The summed E-state index contributed by atoms with van der Waals surface area (Å²) in [5.74, 6) is -2.11. The highest BCUT2D eigenvalue weighted by atomic mass is 32.2. The number of rotatable bonds is 8. The van der Waals surface area contributed by atoms with Gasteiger partial charge in [0.2, 0.25) is 0 Å². The van der Waals surface area contributed by atoms with Crippen molar-refractivity contribution in [2.45, 2.75) is 36.7 Å². The molecule has 0 bridgehead atoms. The monoisotopic (exact) mass is 998 g/mol. The fourth-order valence-corrected chi connectivity index (χ4v) is 11.9. The Bertz CT molecular complexity index is 3310. The first-order valence-corrected chi connectivity index (χ1v) is 24.2. The first kappa shape index (κ1) is 46.9. The van der Waals surface area contributed by atoms with Crippen molar-refractivity contribution >= 4 is 134 Å². The number of aliphatic imine (C=N–C) groups is 3. The second-order valence-corrected chi connectivity index (χ2v) is 21.1. The predicted molar refractivity (Wildman–Crippen MR) is 261 cm³/mol. The van der Waals surface area contributed by atoms with E-state index in [4.69, 9.17) is 14.6 Å². The van der Waals surface area contributed by atoms with E-state index in [0.29, 0.717) is 53.3 Å². The Morgan fingerprint density at radius 3 is 2.00 bits per heavy atom. The maximum Gasteiger partial charge on any atom is 0.346 e. The summed E-state index contributed by atoms with van der Waals surface area (Å²) in [5.41, 5.74) is 2.75. The van der Waals surface area contributed by atoms with Crippen LogP contribution in [0.25, 0.3) is 31.4 Å². The number of carbonyl (C=O) groups excluding carboxylic acids is 1. The molecule has 3 aliphatic rings.